The first kappa shape index (κ1) is 22.1. The summed E-state index contributed by atoms with van der Waals surface area (Å²) in [5.74, 6) is 0.766. The number of aromatic nitrogens is 1. The van der Waals surface area contributed by atoms with E-state index in [4.69, 9.17) is 21.1 Å². The van der Waals surface area contributed by atoms with Crippen LogP contribution in [0, 0.1) is 6.92 Å². The van der Waals surface area contributed by atoms with Gasteiger partial charge >= 0.3 is 0 Å². The highest BCUT2D eigenvalue weighted by molar-refractivity contribution is 6.35. The molecule has 0 radical (unpaired) electrons. The van der Waals surface area contributed by atoms with Gasteiger partial charge in [-0.25, -0.2) is 0 Å². The summed E-state index contributed by atoms with van der Waals surface area (Å²) in [5.41, 5.74) is 3.51. The topological polar surface area (TPSA) is 104 Å². The van der Waals surface area contributed by atoms with Crippen molar-refractivity contribution in [3.05, 3.63) is 64.3 Å². The van der Waals surface area contributed by atoms with Crippen LogP contribution in [0.5, 0.6) is 5.75 Å². The number of aliphatic hydroxyl groups is 4. The molecule has 166 valence electrons. The van der Waals surface area contributed by atoms with Crippen molar-refractivity contribution in [1.29, 1.82) is 0 Å². The molecule has 2 heterocycles. The Bertz CT molecular complexity index is 1060. The van der Waals surface area contributed by atoms with Crippen LogP contribution in [-0.2, 0) is 11.3 Å². The van der Waals surface area contributed by atoms with Crippen LogP contribution >= 0.6 is 11.6 Å². The number of methoxy groups -OCH3 is 1. The summed E-state index contributed by atoms with van der Waals surface area (Å²) in [6.07, 6.45) is -4.36. The molecule has 0 unspecified atom stereocenters. The van der Waals surface area contributed by atoms with E-state index in [9.17, 15) is 20.4 Å². The minimum Gasteiger partial charge on any atom is -0.497 e. The van der Waals surface area contributed by atoms with Crippen LogP contribution < -0.4 is 4.74 Å². The molecule has 4 N–H and O–H groups in total. The molecule has 0 spiro atoms. The van der Waals surface area contributed by atoms with E-state index in [2.05, 4.69) is 0 Å². The second-order valence-electron chi connectivity index (χ2n) is 7.90. The number of halogens is 1. The van der Waals surface area contributed by atoms with Crippen LogP contribution in [0.4, 0.5) is 0 Å². The van der Waals surface area contributed by atoms with Gasteiger partial charge in [0.1, 0.15) is 36.3 Å². The van der Waals surface area contributed by atoms with E-state index in [1.807, 2.05) is 48.0 Å². The first-order valence-electron chi connectivity index (χ1n) is 10.1. The molecule has 5 atom stereocenters. The van der Waals surface area contributed by atoms with Crippen LogP contribution in [-0.4, -0.2) is 63.1 Å². The summed E-state index contributed by atoms with van der Waals surface area (Å²) < 4.78 is 13.1. The lowest BCUT2D eigenvalue weighted by Gasteiger charge is -2.40. The third-order valence-electron chi connectivity index (χ3n) is 5.91. The first-order valence-corrected chi connectivity index (χ1v) is 10.4. The molecule has 1 aromatic heterocycles. The molecular weight excluding hydrogens is 422 g/mol. The predicted molar refractivity (Wildman–Crippen MR) is 117 cm³/mol. The van der Waals surface area contributed by atoms with Crippen LogP contribution in [0.3, 0.4) is 0 Å². The van der Waals surface area contributed by atoms with Crippen LogP contribution in [0.15, 0.2) is 42.6 Å². The highest BCUT2D eigenvalue weighted by Gasteiger charge is 2.45. The maximum Gasteiger partial charge on any atom is 0.118 e. The number of benzene rings is 2. The quantitative estimate of drug-likeness (QED) is 0.478. The second-order valence-corrected chi connectivity index (χ2v) is 8.30. The number of hydrogen-bond acceptors (Lipinski definition) is 6. The van der Waals surface area contributed by atoms with Crippen molar-refractivity contribution in [2.45, 2.75) is 44.0 Å². The zero-order chi connectivity index (χ0) is 22.3. The molecule has 2 aromatic carbocycles. The highest BCUT2D eigenvalue weighted by atomic mass is 35.5. The van der Waals surface area contributed by atoms with Crippen molar-refractivity contribution in [2.75, 3.05) is 13.7 Å². The Labute approximate surface area is 185 Å². The van der Waals surface area contributed by atoms with Gasteiger partial charge in [-0.3, -0.25) is 0 Å². The molecule has 1 aliphatic rings. The lowest BCUT2D eigenvalue weighted by atomic mass is 9.91. The van der Waals surface area contributed by atoms with Gasteiger partial charge < -0.3 is 34.5 Å². The fourth-order valence-corrected chi connectivity index (χ4v) is 4.50. The number of aryl methyl sites for hydroxylation is 1. The Morgan fingerprint density at radius 2 is 1.74 bits per heavy atom. The van der Waals surface area contributed by atoms with Gasteiger partial charge in [-0.05, 0) is 36.2 Å². The molecule has 7 nitrogen and oxygen atoms in total. The third-order valence-corrected chi connectivity index (χ3v) is 6.23. The third kappa shape index (κ3) is 3.93. The average Bonchev–Trinajstić information content (AvgIpc) is 3.15. The largest absolute Gasteiger partial charge is 0.497 e. The molecule has 31 heavy (non-hydrogen) atoms. The number of nitrogens with zero attached hydrogens (tertiary/aromatic N) is 1. The van der Waals surface area contributed by atoms with Gasteiger partial charge in [-0.15, -0.1) is 0 Å². The molecule has 8 heteroatoms. The van der Waals surface area contributed by atoms with E-state index in [-0.39, 0.29) is 0 Å². The molecule has 0 amide bonds. The highest BCUT2D eigenvalue weighted by Crippen LogP contribution is 2.40. The summed E-state index contributed by atoms with van der Waals surface area (Å²) in [7, 11) is 1.62. The van der Waals surface area contributed by atoms with Crippen LogP contribution in [0.2, 0.25) is 5.02 Å². The predicted octanol–water partition coefficient (Wildman–Crippen LogP) is 2.17. The number of fused-ring (bicyclic) bond motifs is 1. The van der Waals surface area contributed by atoms with Crippen LogP contribution in [0.1, 0.15) is 22.8 Å². The van der Waals surface area contributed by atoms with Gasteiger partial charge in [0.05, 0.1) is 24.3 Å². The molecule has 1 fully saturated rings. The first-order chi connectivity index (χ1) is 14.8. The summed E-state index contributed by atoms with van der Waals surface area (Å²) in [5, 5.41) is 41.8. The Hall–Kier alpha value is -2.13. The SMILES string of the molecule is COc1ccc(Cn2cc([C@@H]3O[C@H](CO)[C@@H](O)[C@H](O)[C@H]3O)c3c(Cl)ccc(C)c32)cc1. The molecular formula is C23H26ClNO6. The van der Waals surface area contributed by atoms with Crippen molar-refractivity contribution in [3.8, 4) is 5.75 Å². The number of ether oxygens (including phenoxy) is 2. The maximum absolute atomic E-state index is 10.7. The van der Waals surface area contributed by atoms with Gasteiger partial charge in [0.25, 0.3) is 0 Å². The Kier molecular flexibility index (Phi) is 6.25. The molecule has 0 aliphatic carbocycles. The average molecular weight is 448 g/mol. The molecule has 1 aliphatic heterocycles. The van der Waals surface area contributed by atoms with E-state index in [1.165, 1.54) is 0 Å². The van der Waals surface area contributed by atoms with E-state index < -0.39 is 37.1 Å². The van der Waals surface area contributed by atoms with Crippen molar-refractivity contribution in [3.63, 3.8) is 0 Å². The Morgan fingerprint density at radius 1 is 1.03 bits per heavy atom. The molecule has 0 bridgehead atoms. The number of hydrogen-bond donors (Lipinski definition) is 4. The lowest BCUT2D eigenvalue weighted by Crippen LogP contribution is -2.55. The lowest BCUT2D eigenvalue weighted by molar-refractivity contribution is -0.231. The van der Waals surface area contributed by atoms with E-state index in [1.54, 1.807) is 13.2 Å². The van der Waals surface area contributed by atoms with E-state index in [0.717, 1.165) is 22.4 Å². The summed E-state index contributed by atoms with van der Waals surface area (Å²) in [6.45, 7) is 2.03. The zero-order valence-corrected chi connectivity index (χ0v) is 18.0. The van der Waals surface area contributed by atoms with Crippen LogP contribution in [0.25, 0.3) is 10.9 Å². The molecule has 1 saturated heterocycles. The molecule has 4 rings (SSSR count). The zero-order valence-electron chi connectivity index (χ0n) is 17.3. The summed E-state index contributed by atoms with van der Waals surface area (Å²) in [4.78, 5) is 0. The fourth-order valence-electron chi connectivity index (χ4n) is 4.24. The normalized spacial score (nSPS) is 26.4. The van der Waals surface area contributed by atoms with E-state index >= 15 is 0 Å². The summed E-state index contributed by atoms with van der Waals surface area (Å²) in [6, 6.07) is 11.4. The minimum atomic E-state index is -1.46. The number of rotatable bonds is 5. The molecule has 0 saturated carbocycles. The molecule has 3 aromatic rings. The second kappa shape index (κ2) is 8.78. The van der Waals surface area contributed by atoms with Gasteiger partial charge in [-0.2, -0.15) is 0 Å². The van der Waals surface area contributed by atoms with Crippen molar-refractivity contribution >= 4 is 22.5 Å². The Morgan fingerprint density at radius 3 is 2.39 bits per heavy atom. The van der Waals surface area contributed by atoms with Gasteiger partial charge in [0.2, 0.25) is 0 Å². The van der Waals surface area contributed by atoms with Crippen molar-refractivity contribution < 1.29 is 29.9 Å². The monoisotopic (exact) mass is 447 g/mol. The van der Waals surface area contributed by atoms with E-state index in [0.29, 0.717) is 22.5 Å². The fraction of sp³-hybridized carbons (Fsp3) is 0.391. The summed E-state index contributed by atoms with van der Waals surface area (Å²) >= 11 is 6.56. The van der Waals surface area contributed by atoms with Gasteiger partial charge in [0, 0.05) is 23.7 Å². The Balaban J connectivity index is 1.81. The van der Waals surface area contributed by atoms with Crippen molar-refractivity contribution in [1.82, 2.24) is 4.57 Å². The smallest absolute Gasteiger partial charge is 0.118 e. The van der Waals surface area contributed by atoms with Gasteiger partial charge in [-0.1, -0.05) is 29.8 Å². The standard InChI is InChI=1S/C23H26ClNO6/c1-12-3-8-16(24)18-15(23-22(29)21(28)20(27)17(11-26)31-23)10-25(19(12)18)9-13-4-6-14(30-2)7-5-13/h3-8,10,17,20-23,26-29H,9,11H2,1-2H3/t17-,20-,21+,22-,23+/m1/s1. The van der Waals surface area contributed by atoms with Gasteiger partial charge in [0.15, 0.2) is 0 Å². The number of aliphatic hydroxyl groups excluding tert-OH is 4. The maximum atomic E-state index is 10.7. The minimum absolute atomic E-state index is 0.487. The van der Waals surface area contributed by atoms with Crippen molar-refractivity contribution in [2.24, 2.45) is 0 Å².